The number of hydrogen-bond acceptors (Lipinski definition) is 2. The molecule has 138 valence electrons. The number of benzene rings is 2. The van der Waals surface area contributed by atoms with E-state index in [1.807, 2.05) is 0 Å². The van der Waals surface area contributed by atoms with E-state index >= 15 is 0 Å². The quantitative estimate of drug-likeness (QED) is 0.705. The molecule has 5 heteroatoms. The molecule has 1 aliphatic rings. The van der Waals surface area contributed by atoms with Gasteiger partial charge in [-0.1, -0.05) is 36.4 Å². The summed E-state index contributed by atoms with van der Waals surface area (Å²) in [5, 5.41) is 7.21. The molecule has 1 heterocycles. The predicted molar refractivity (Wildman–Crippen MR) is 111 cm³/mol. The first-order valence-corrected chi connectivity index (χ1v) is 9.62. The molecule has 1 aliphatic heterocycles. The van der Waals surface area contributed by atoms with Gasteiger partial charge in [0.1, 0.15) is 25.7 Å². The van der Waals surface area contributed by atoms with E-state index in [1.165, 1.54) is 16.7 Å². The third kappa shape index (κ3) is 5.53. The van der Waals surface area contributed by atoms with Gasteiger partial charge in [0.25, 0.3) is 0 Å². The molecule has 0 spiro atoms. The second kappa shape index (κ2) is 9.12. The molecule has 0 bridgehead atoms. The third-order valence-corrected chi connectivity index (χ3v) is 5.12. The standard InChI is InChI=1S/C21H27N3OS/c1-16-8-9-19(12-17(16)2)23-21(26)22-13-20-15-24(10-11-25-20)14-18-6-4-3-5-7-18/h3-9,12,20H,10-11,13-15H2,1-2H3,(H2,22,23,26)/p+1/t20-/m1/s1. The van der Waals surface area contributed by atoms with E-state index in [-0.39, 0.29) is 6.10 Å². The number of hydrogen-bond donors (Lipinski definition) is 3. The maximum absolute atomic E-state index is 5.91. The molecular weight excluding hydrogens is 342 g/mol. The zero-order chi connectivity index (χ0) is 18.4. The van der Waals surface area contributed by atoms with Crippen LogP contribution in [0.2, 0.25) is 0 Å². The zero-order valence-electron chi connectivity index (χ0n) is 15.5. The van der Waals surface area contributed by atoms with Gasteiger partial charge in [-0.05, 0) is 49.3 Å². The Morgan fingerprint density at radius 1 is 1.15 bits per heavy atom. The molecule has 0 aromatic heterocycles. The van der Waals surface area contributed by atoms with Crippen LogP contribution in [0, 0.1) is 13.8 Å². The van der Waals surface area contributed by atoms with Gasteiger partial charge in [-0.25, -0.2) is 0 Å². The van der Waals surface area contributed by atoms with Crippen LogP contribution in [0.1, 0.15) is 16.7 Å². The van der Waals surface area contributed by atoms with E-state index in [4.69, 9.17) is 17.0 Å². The fourth-order valence-corrected chi connectivity index (χ4v) is 3.43. The van der Waals surface area contributed by atoms with Crippen molar-refractivity contribution in [2.45, 2.75) is 26.5 Å². The minimum Gasteiger partial charge on any atom is -0.365 e. The summed E-state index contributed by atoms with van der Waals surface area (Å²) in [6.45, 7) is 8.84. The second-order valence-corrected chi connectivity index (χ2v) is 7.40. The average molecular weight is 371 g/mol. The molecule has 3 rings (SSSR count). The van der Waals surface area contributed by atoms with Crippen LogP contribution in [0.15, 0.2) is 48.5 Å². The van der Waals surface area contributed by atoms with E-state index in [2.05, 4.69) is 73.0 Å². The van der Waals surface area contributed by atoms with Gasteiger partial charge in [0, 0.05) is 17.8 Å². The number of rotatable bonds is 5. The predicted octanol–water partition coefficient (Wildman–Crippen LogP) is 2.07. The maximum Gasteiger partial charge on any atom is 0.170 e. The van der Waals surface area contributed by atoms with Crippen molar-refractivity contribution in [1.82, 2.24) is 5.32 Å². The second-order valence-electron chi connectivity index (χ2n) is 6.99. The fourth-order valence-electron chi connectivity index (χ4n) is 3.23. The Hall–Kier alpha value is -1.95. The van der Waals surface area contributed by atoms with Crippen molar-refractivity contribution in [3.63, 3.8) is 0 Å². The van der Waals surface area contributed by atoms with Crippen molar-refractivity contribution in [3.05, 3.63) is 65.2 Å². The summed E-state index contributed by atoms with van der Waals surface area (Å²) in [7, 11) is 0. The summed E-state index contributed by atoms with van der Waals surface area (Å²) in [6.07, 6.45) is 0.182. The fraction of sp³-hybridized carbons (Fsp3) is 0.381. The summed E-state index contributed by atoms with van der Waals surface area (Å²) in [6, 6.07) is 16.9. The molecule has 4 nitrogen and oxygen atoms in total. The Bertz CT molecular complexity index is 735. The highest BCUT2D eigenvalue weighted by Crippen LogP contribution is 2.13. The van der Waals surface area contributed by atoms with Crippen LogP contribution >= 0.6 is 12.2 Å². The molecule has 2 atom stereocenters. The van der Waals surface area contributed by atoms with Crippen molar-refractivity contribution in [2.75, 3.05) is 31.6 Å². The van der Waals surface area contributed by atoms with Gasteiger partial charge in [-0.15, -0.1) is 0 Å². The van der Waals surface area contributed by atoms with E-state index in [0.29, 0.717) is 5.11 Å². The number of quaternary nitrogens is 1. The Kier molecular flexibility index (Phi) is 6.61. The highest BCUT2D eigenvalue weighted by Gasteiger charge is 2.23. The normalized spacial score (nSPS) is 19.8. The Morgan fingerprint density at radius 2 is 1.96 bits per heavy atom. The van der Waals surface area contributed by atoms with Gasteiger partial charge >= 0.3 is 0 Å². The molecule has 1 unspecified atom stereocenters. The first kappa shape index (κ1) is 18.8. The lowest BCUT2D eigenvalue weighted by Crippen LogP contribution is -3.13. The molecule has 26 heavy (non-hydrogen) atoms. The highest BCUT2D eigenvalue weighted by molar-refractivity contribution is 7.80. The van der Waals surface area contributed by atoms with E-state index < -0.39 is 0 Å². The molecule has 1 saturated heterocycles. The largest absolute Gasteiger partial charge is 0.365 e. The van der Waals surface area contributed by atoms with Crippen LogP contribution in [-0.2, 0) is 11.3 Å². The van der Waals surface area contributed by atoms with Crippen LogP contribution < -0.4 is 15.5 Å². The number of aryl methyl sites for hydroxylation is 2. The molecule has 0 saturated carbocycles. The molecule has 2 aromatic carbocycles. The van der Waals surface area contributed by atoms with Crippen LogP contribution in [0.5, 0.6) is 0 Å². The van der Waals surface area contributed by atoms with Crippen molar-refractivity contribution in [1.29, 1.82) is 0 Å². The number of thiocarbonyl (C=S) groups is 1. The minimum absolute atomic E-state index is 0.182. The van der Waals surface area contributed by atoms with Crippen LogP contribution in [0.25, 0.3) is 0 Å². The van der Waals surface area contributed by atoms with Gasteiger partial charge in [-0.3, -0.25) is 0 Å². The van der Waals surface area contributed by atoms with Crippen LogP contribution in [0.3, 0.4) is 0 Å². The first-order chi connectivity index (χ1) is 12.6. The van der Waals surface area contributed by atoms with E-state index in [9.17, 15) is 0 Å². The number of ether oxygens (including phenoxy) is 1. The van der Waals surface area contributed by atoms with Crippen molar-refractivity contribution >= 4 is 23.0 Å². The lowest BCUT2D eigenvalue weighted by Gasteiger charge is -2.30. The summed E-state index contributed by atoms with van der Waals surface area (Å²) in [4.78, 5) is 1.56. The third-order valence-electron chi connectivity index (χ3n) is 4.88. The van der Waals surface area contributed by atoms with E-state index in [1.54, 1.807) is 4.90 Å². The van der Waals surface area contributed by atoms with Crippen molar-refractivity contribution in [3.8, 4) is 0 Å². The van der Waals surface area contributed by atoms with Crippen molar-refractivity contribution < 1.29 is 9.64 Å². The topological polar surface area (TPSA) is 37.7 Å². The SMILES string of the molecule is Cc1ccc(NC(=S)NC[C@@H]2C[NH+](Cc3ccccc3)CCO2)cc1C. The number of nitrogens with one attached hydrogen (secondary N) is 3. The molecule has 2 aromatic rings. The Labute approximate surface area is 161 Å². The van der Waals surface area contributed by atoms with Crippen molar-refractivity contribution in [2.24, 2.45) is 0 Å². The van der Waals surface area contributed by atoms with Crippen LogP contribution in [0.4, 0.5) is 5.69 Å². The number of morpholine rings is 1. The molecular formula is C21H28N3OS+. The lowest BCUT2D eigenvalue weighted by atomic mass is 10.1. The first-order valence-electron chi connectivity index (χ1n) is 9.21. The lowest BCUT2D eigenvalue weighted by molar-refractivity contribution is -0.925. The van der Waals surface area contributed by atoms with Crippen LogP contribution in [-0.4, -0.2) is 37.5 Å². The van der Waals surface area contributed by atoms with Gasteiger partial charge in [-0.2, -0.15) is 0 Å². The monoisotopic (exact) mass is 370 g/mol. The summed E-state index contributed by atoms with van der Waals surface area (Å²) in [5.41, 5.74) is 4.94. The smallest absolute Gasteiger partial charge is 0.170 e. The van der Waals surface area contributed by atoms with E-state index in [0.717, 1.165) is 38.5 Å². The molecule has 3 N–H and O–H groups in total. The summed E-state index contributed by atoms with van der Waals surface area (Å²) >= 11 is 5.43. The maximum atomic E-state index is 5.91. The minimum atomic E-state index is 0.182. The molecule has 0 radical (unpaired) electrons. The average Bonchev–Trinajstić information content (AvgIpc) is 2.64. The number of anilines is 1. The molecule has 0 amide bonds. The van der Waals surface area contributed by atoms with Gasteiger partial charge < -0.3 is 20.3 Å². The summed E-state index contributed by atoms with van der Waals surface area (Å²) in [5.74, 6) is 0. The Balaban J connectivity index is 1.44. The summed E-state index contributed by atoms with van der Waals surface area (Å²) < 4.78 is 5.91. The molecule has 0 aliphatic carbocycles. The van der Waals surface area contributed by atoms with Gasteiger partial charge in [0.2, 0.25) is 0 Å². The van der Waals surface area contributed by atoms with Gasteiger partial charge in [0.15, 0.2) is 5.11 Å². The zero-order valence-corrected chi connectivity index (χ0v) is 16.4. The molecule has 1 fully saturated rings. The van der Waals surface area contributed by atoms with Gasteiger partial charge in [0.05, 0.1) is 6.61 Å². The Morgan fingerprint density at radius 3 is 2.73 bits per heavy atom. The highest BCUT2D eigenvalue weighted by atomic mass is 32.1.